The van der Waals surface area contributed by atoms with Crippen LogP contribution < -0.4 is 0 Å². The van der Waals surface area contributed by atoms with Gasteiger partial charge in [-0.3, -0.25) is 0 Å². The van der Waals surface area contributed by atoms with Gasteiger partial charge in [0.2, 0.25) is 0 Å². The summed E-state index contributed by atoms with van der Waals surface area (Å²) in [5.74, 6) is 0.887. The van der Waals surface area contributed by atoms with Gasteiger partial charge in [-0.15, -0.1) is 11.3 Å². The Labute approximate surface area is 312 Å². The zero-order valence-electron chi connectivity index (χ0n) is 29.3. The van der Waals surface area contributed by atoms with Crippen LogP contribution in [-0.4, -0.2) is 0 Å². The molecule has 0 aliphatic carbocycles. The Morgan fingerprint density at radius 3 is 1.77 bits per heavy atom. The van der Waals surface area contributed by atoms with Crippen molar-refractivity contribution in [1.82, 2.24) is 0 Å². The molecule has 2 aromatic heterocycles. The molecule has 0 radical (unpaired) electrons. The number of hydrogen-bond acceptors (Lipinski definition) is 2. The van der Waals surface area contributed by atoms with Gasteiger partial charge >= 0.3 is 0 Å². The predicted molar refractivity (Wildman–Crippen MR) is 230 cm³/mol. The van der Waals surface area contributed by atoms with E-state index < -0.39 is 0 Å². The quantitative estimate of drug-likeness (QED) is 0.125. The zero-order valence-corrected chi connectivity index (χ0v) is 30.1. The van der Waals surface area contributed by atoms with E-state index in [0.717, 1.165) is 11.3 Å². The molecule has 10 aromatic rings. The highest BCUT2D eigenvalue weighted by Gasteiger charge is 2.22. The second-order valence-corrected chi connectivity index (χ2v) is 14.7. The summed E-state index contributed by atoms with van der Waals surface area (Å²) in [6.07, 6.45) is 7.94. The van der Waals surface area contributed by atoms with Crippen molar-refractivity contribution in [1.29, 1.82) is 0 Å². The maximum absolute atomic E-state index is 6.01. The molecule has 2 heteroatoms. The van der Waals surface area contributed by atoms with E-state index in [4.69, 9.17) is 4.42 Å². The van der Waals surface area contributed by atoms with E-state index in [2.05, 4.69) is 171 Å². The number of fused-ring (bicyclic) bond motifs is 6. The third-order valence-electron chi connectivity index (χ3n) is 10.7. The molecule has 0 bridgehead atoms. The van der Waals surface area contributed by atoms with Gasteiger partial charge in [-0.05, 0) is 108 Å². The molecule has 0 unspecified atom stereocenters. The van der Waals surface area contributed by atoms with Crippen LogP contribution in [0.25, 0.3) is 103 Å². The van der Waals surface area contributed by atoms with E-state index in [1.165, 1.54) is 97.0 Å². The Bertz CT molecular complexity index is 3010. The van der Waals surface area contributed by atoms with Gasteiger partial charge in [0.1, 0.15) is 5.76 Å². The fourth-order valence-corrected chi connectivity index (χ4v) is 9.71. The maximum Gasteiger partial charge on any atom is 0.135 e. The standard InChI is InChI=1S/C51H34OS/c1-3-4-18-35-32(2)47(33-16-6-5-7-17-33)36-19-8-11-22-39(36)49(35)43-25-14-27-45-51(43)42-29-28-34(31-46(42)53-45)48-37-20-9-12-23-40(37)50(44-26-15-30-52-44)41-24-13-10-21-38(41)48/h3-31H,1H2,2H3/b18-4-. The van der Waals surface area contributed by atoms with E-state index in [9.17, 15) is 0 Å². The highest BCUT2D eigenvalue weighted by Crippen LogP contribution is 2.49. The molecule has 0 aliphatic rings. The number of thiophene rings is 1. The molecule has 0 amide bonds. The van der Waals surface area contributed by atoms with Crippen molar-refractivity contribution >= 4 is 69.9 Å². The van der Waals surface area contributed by atoms with Gasteiger partial charge in [0.05, 0.1) is 6.26 Å². The van der Waals surface area contributed by atoms with Crippen molar-refractivity contribution in [3.05, 3.63) is 188 Å². The molecule has 250 valence electrons. The molecule has 0 atom stereocenters. The van der Waals surface area contributed by atoms with E-state index in [1.54, 1.807) is 6.26 Å². The SMILES string of the molecule is C=C/C=C\c1c(C)c(-c2ccccc2)c2ccccc2c1-c1cccc2sc3cc(-c4c5ccccc5c(-c5ccco5)c5ccccc45)ccc3c12. The Morgan fingerprint density at radius 2 is 1.13 bits per heavy atom. The summed E-state index contributed by atoms with van der Waals surface area (Å²) in [7, 11) is 0. The second-order valence-electron chi connectivity index (χ2n) is 13.6. The maximum atomic E-state index is 6.01. The molecule has 10 rings (SSSR count). The van der Waals surface area contributed by atoms with Crippen LogP contribution in [0.3, 0.4) is 0 Å². The molecule has 0 saturated heterocycles. The third-order valence-corrected chi connectivity index (χ3v) is 11.8. The Hall–Kier alpha value is -6.48. The van der Waals surface area contributed by atoms with Crippen molar-refractivity contribution < 1.29 is 4.42 Å². The van der Waals surface area contributed by atoms with Crippen LogP contribution in [0.4, 0.5) is 0 Å². The topological polar surface area (TPSA) is 13.1 Å². The van der Waals surface area contributed by atoms with Gasteiger partial charge in [0, 0.05) is 25.7 Å². The normalized spacial score (nSPS) is 11.9. The highest BCUT2D eigenvalue weighted by atomic mass is 32.1. The first kappa shape index (κ1) is 31.3. The molecule has 8 aromatic carbocycles. The molecular weight excluding hydrogens is 661 g/mol. The third kappa shape index (κ3) is 4.91. The summed E-state index contributed by atoms with van der Waals surface area (Å²) in [4.78, 5) is 0. The summed E-state index contributed by atoms with van der Waals surface area (Å²) in [6.45, 7) is 6.30. The lowest BCUT2D eigenvalue weighted by atomic mass is 9.83. The van der Waals surface area contributed by atoms with E-state index in [-0.39, 0.29) is 0 Å². The summed E-state index contributed by atoms with van der Waals surface area (Å²) >= 11 is 1.88. The van der Waals surface area contributed by atoms with E-state index in [1.807, 2.05) is 23.5 Å². The molecule has 0 aliphatic heterocycles. The number of furan rings is 1. The summed E-state index contributed by atoms with van der Waals surface area (Å²) in [6, 6.07) is 55.1. The Morgan fingerprint density at radius 1 is 0.509 bits per heavy atom. The lowest BCUT2D eigenvalue weighted by molar-refractivity contribution is 0.583. The summed E-state index contributed by atoms with van der Waals surface area (Å²) < 4.78 is 8.56. The van der Waals surface area contributed by atoms with Crippen LogP contribution in [0.15, 0.2) is 181 Å². The number of hydrogen-bond donors (Lipinski definition) is 0. The van der Waals surface area contributed by atoms with Crippen molar-refractivity contribution in [2.24, 2.45) is 0 Å². The number of allylic oxidation sites excluding steroid dienone is 2. The Kier molecular flexibility index (Phi) is 7.45. The first-order chi connectivity index (χ1) is 26.2. The van der Waals surface area contributed by atoms with Crippen LogP contribution in [-0.2, 0) is 0 Å². The van der Waals surface area contributed by atoms with Gasteiger partial charge in [-0.25, -0.2) is 0 Å². The average molecular weight is 695 g/mol. The lowest BCUT2D eigenvalue weighted by Gasteiger charge is -2.20. The van der Waals surface area contributed by atoms with Gasteiger partial charge in [0.25, 0.3) is 0 Å². The van der Waals surface area contributed by atoms with Crippen LogP contribution in [0.1, 0.15) is 11.1 Å². The van der Waals surface area contributed by atoms with Gasteiger partial charge in [-0.2, -0.15) is 0 Å². The molecule has 0 spiro atoms. The van der Waals surface area contributed by atoms with Gasteiger partial charge < -0.3 is 4.42 Å². The van der Waals surface area contributed by atoms with Crippen molar-refractivity contribution in [3.63, 3.8) is 0 Å². The molecule has 1 nitrogen and oxygen atoms in total. The van der Waals surface area contributed by atoms with E-state index in [0.29, 0.717) is 0 Å². The Balaban J connectivity index is 1.25. The average Bonchev–Trinajstić information content (AvgIpc) is 3.87. The minimum atomic E-state index is 0.887. The summed E-state index contributed by atoms with van der Waals surface area (Å²) in [5, 5.41) is 9.91. The number of rotatable bonds is 6. The van der Waals surface area contributed by atoms with Crippen LogP contribution in [0.2, 0.25) is 0 Å². The first-order valence-corrected chi connectivity index (χ1v) is 18.9. The van der Waals surface area contributed by atoms with Crippen LogP contribution in [0.5, 0.6) is 0 Å². The van der Waals surface area contributed by atoms with Gasteiger partial charge in [0.15, 0.2) is 0 Å². The smallest absolute Gasteiger partial charge is 0.135 e. The molecule has 0 fully saturated rings. The molecule has 53 heavy (non-hydrogen) atoms. The fraction of sp³-hybridized carbons (Fsp3) is 0.0196. The van der Waals surface area contributed by atoms with Crippen molar-refractivity contribution in [2.75, 3.05) is 0 Å². The molecule has 0 N–H and O–H groups in total. The largest absolute Gasteiger partial charge is 0.464 e. The fourth-order valence-electron chi connectivity index (χ4n) is 8.54. The van der Waals surface area contributed by atoms with Crippen LogP contribution >= 0.6 is 11.3 Å². The van der Waals surface area contributed by atoms with E-state index >= 15 is 0 Å². The lowest BCUT2D eigenvalue weighted by Crippen LogP contribution is -1.96. The predicted octanol–water partition coefficient (Wildman–Crippen LogP) is 15.3. The van der Waals surface area contributed by atoms with Crippen molar-refractivity contribution in [3.8, 4) is 44.7 Å². The minimum absolute atomic E-state index is 0.887. The van der Waals surface area contributed by atoms with Crippen molar-refractivity contribution in [2.45, 2.75) is 6.92 Å². The number of benzene rings is 8. The summed E-state index contributed by atoms with van der Waals surface area (Å²) in [5.41, 5.74) is 11.1. The highest BCUT2D eigenvalue weighted by molar-refractivity contribution is 7.26. The molecule has 2 heterocycles. The first-order valence-electron chi connectivity index (χ1n) is 18.0. The van der Waals surface area contributed by atoms with Crippen LogP contribution in [0, 0.1) is 6.92 Å². The van der Waals surface area contributed by atoms with Gasteiger partial charge in [-0.1, -0.05) is 152 Å². The monoisotopic (exact) mass is 694 g/mol. The second kappa shape index (κ2) is 12.6. The molecular formula is C51H34OS. The minimum Gasteiger partial charge on any atom is -0.464 e. The zero-order chi connectivity index (χ0) is 35.5. The molecule has 0 saturated carbocycles.